The molecule has 1 aromatic heterocycles. The van der Waals surface area contributed by atoms with Crippen LogP contribution >= 0.6 is 35.4 Å². The summed E-state index contributed by atoms with van der Waals surface area (Å²) in [5, 5.41) is 1.40. The van der Waals surface area contributed by atoms with Gasteiger partial charge in [0.2, 0.25) is 0 Å². The summed E-state index contributed by atoms with van der Waals surface area (Å²) in [5.74, 6) is 0. The van der Waals surface area contributed by atoms with Crippen LogP contribution in [0.3, 0.4) is 0 Å². The van der Waals surface area contributed by atoms with Gasteiger partial charge in [0.15, 0.2) is 4.77 Å². The minimum absolute atomic E-state index is 0.0508. The molecule has 0 bridgehead atoms. The van der Waals surface area contributed by atoms with E-state index in [-0.39, 0.29) is 6.04 Å². The van der Waals surface area contributed by atoms with Crippen molar-refractivity contribution in [2.24, 2.45) is 0 Å². The summed E-state index contributed by atoms with van der Waals surface area (Å²) >= 11 is 17.8. The molecule has 0 saturated heterocycles. The Kier molecular flexibility index (Phi) is 3.59. The molecule has 0 amide bonds. The van der Waals surface area contributed by atoms with Crippen LogP contribution in [0.4, 0.5) is 0 Å². The molecule has 0 aliphatic rings. The van der Waals surface area contributed by atoms with Gasteiger partial charge in [-0.15, -0.1) is 0 Å². The molecular formula is C15H12Cl2N2S. The molecule has 3 rings (SSSR count). The maximum Gasteiger partial charge on any atom is 0.178 e. The summed E-state index contributed by atoms with van der Waals surface area (Å²) in [7, 11) is 0. The van der Waals surface area contributed by atoms with E-state index in [1.165, 1.54) is 0 Å². The van der Waals surface area contributed by atoms with Crippen LogP contribution in [0, 0.1) is 4.77 Å². The van der Waals surface area contributed by atoms with Crippen LogP contribution in [-0.2, 0) is 0 Å². The number of imidazole rings is 1. The Morgan fingerprint density at radius 3 is 2.65 bits per heavy atom. The Balaban J connectivity index is 2.24. The van der Waals surface area contributed by atoms with Crippen molar-refractivity contribution in [2.45, 2.75) is 13.0 Å². The number of rotatable bonds is 2. The number of halogens is 2. The zero-order valence-electron chi connectivity index (χ0n) is 10.7. The number of aromatic nitrogens is 2. The van der Waals surface area contributed by atoms with E-state index < -0.39 is 0 Å². The molecule has 0 radical (unpaired) electrons. The Morgan fingerprint density at radius 1 is 1.15 bits per heavy atom. The van der Waals surface area contributed by atoms with Gasteiger partial charge in [0.05, 0.1) is 22.1 Å². The zero-order chi connectivity index (χ0) is 14.3. The summed E-state index contributed by atoms with van der Waals surface area (Å²) in [6.07, 6.45) is 0. The van der Waals surface area contributed by atoms with Gasteiger partial charge >= 0.3 is 0 Å². The predicted molar refractivity (Wildman–Crippen MR) is 87.4 cm³/mol. The third-order valence-electron chi connectivity index (χ3n) is 3.41. The van der Waals surface area contributed by atoms with E-state index in [2.05, 4.69) is 11.9 Å². The Hall–Kier alpha value is -1.29. The summed E-state index contributed by atoms with van der Waals surface area (Å²) < 4.78 is 2.68. The Labute approximate surface area is 132 Å². The molecule has 0 fully saturated rings. The molecule has 1 atom stereocenters. The second kappa shape index (κ2) is 5.24. The van der Waals surface area contributed by atoms with Crippen molar-refractivity contribution in [2.75, 3.05) is 0 Å². The molecule has 1 N–H and O–H groups in total. The highest BCUT2D eigenvalue weighted by atomic mass is 35.5. The lowest BCUT2D eigenvalue weighted by atomic mass is 10.1. The van der Waals surface area contributed by atoms with Gasteiger partial charge in [0, 0.05) is 5.02 Å². The molecule has 0 aliphatic carbocycles. The van der Waals surface area contributed by atoms with Gasteiger partial charge in [-0.1, -0.05) is 41.4 Å². The van der Waals surface area contributed by atoms with Crippen LogP contribution < -0.4 is 0 Å². The van der Waals surface area contributed by atoms with Crippen LogP contribution in [0.1, 0.15) is 18.5 Å². The number of aromatic amines is 1. The van der Waals surface area contributed by atoms with Crippen molar-refractivity contribution < 1.29 is 0 Å². The van der Waals surface area contributed by atoms with Crippen LogP contribution in [0.2, 0.25) is 10.0 Å². The molecule has 102 valence electrons. The monoisotopic (exact) mass is 322 g/mol. The topological polar surface area (TPSA) is 20.7 Å². The number of hydrogen-bond donors (Lipinski definition) is 1. The summed E-state index contributed by atoms with van der Waals surface area (Å²) in [5.41, 5.74) is 2.96. The SMILES string of the molecule is CC(c1cccc(Cl)c1)n1c(=S)[nH]c2cccc(Cl)c21. The molecule has 3 aromatic rings. The molecule has 0 spiro atoms. The first-order chi connectivity index (χ1) is 9.58. The Morgan fingerprint density at radius 2 is 1.90 bits per heavy atom. The normalized spacial score (nSPS) is 12.8. The van der Waals surface area contributed by atoms with Gasteiger partial charge in [-0.25, -0.2) is 0 Å². The number of nitrogens with one attached hydrogen (secondary N) is 1. The number of fused-ring (bicyclic) bond motifs is 1. The summed E-state index contributed by atoms with van der Waals surface area (Å²) in [6.45, 7) is 2.08. The molecule has 5 heteroatoms. The van der Waals surface area contributed by atoms with Crippen molar-refractivity contribution in [1.82, 2.24) is 9.55 Å². The first kappa shape index (κ1) is 13.7. The van der Waals surface area contributed by atoms with E-state index in [1.807, 2.05) is 47.0 Å². The van der Waals surface area contributed by atoms with Crippen LogP contribution in [0.25, 0.3) is 11.0 Å². The predicted octanol–water partition coefficient (Wildman–Crippen LogP) is 5.61. The van der Waals surface area contributed by atoms with Gasteiger partial charge in [-0.3, -0.25) is 0 Å². The van der Waals surface area contributed by atoms with Crippen molar-refractivity contribution in [3.8, 4) is 0 Å². The smallest absolute Gasteiger partial charge is 0.178 e. The number of para-hydroxylation sites is 1. The van der Waals surface area contributed by atoms with Gasteiger partial charge < -0.3 is 9.55 Å². The second-order valence-corrected chi connectivity index (χ2v) is 5.90. The van der Waals surface area contributed by atoms with E-state index in [9.17, 15) is 0 Å². The van der Waals surface area contributed by atoms with Gasteiger partial charge in [-0.05, 0) is 49.0 Å². The average molecular weight is 323 g/mol. The largest absolute Gasteiger partial charge is 0.331 e. The zero-order valence-corrected chi connectivity index (χ0v) is 13.1. The highest BCUT2D eigenvalue weighted by Gasteiger charge is 2.15. The molecule has 0 saturated carbocycles. The van der Waals surface area contributed by atoms with Crippen molar-refractivity contribution in [3.05, 3.63) is 62.8 Å². The number of H-pyrrole nitrogens is 1. The van der Waals surface area contributed by atoms with Crippen molar-refractivity contribution in [3.63, 3.8) is 0 Å². The first-order valence-electron chi connectivity index (χ1n) is 6.22. The van der Waals surface area contributed by atoms with E-state index in [4.69, 9.17) is 35.4 Å². The van der Waals surface area contributed by atoms with E-state index in [0.717, 1.165) is 16.6 Å². The quantitative estimate of drug-likeness (QED) is 0.607. The number of benzene rings is 2. The maximum atomic E-state index is 6.33. The standard InChI is InChI=1S/C15H12Cl2N2S/c1-9(10-4-2-5-11(16)8-10)19-14-12(17)6-3-7-13(14)18-15(19)20/h2-9H,1H3,(H,18,20). The number of hydrogen-bond acceptors (Lipinski definition) is 1. The minimum atomic E-state index is 0.0508. The molecule has 1 heterocycles. The third kappa shape index (κ3) is 2.26. The van der Waals surface area contributed by atoms with Gasteiger partial charge in [0.1, 0.15) is 0 Å². The molecule has 0 aliphatic heterocycles. The minimum Gasteiger partial charge on any atom is -0.331 e. The molecule has 2 nitrogen and oxygen atoms in total. The third-order valence-corrected chi connectivity index (χ3v) is 4.25. The fourth-order valence-corrected chi connectivity index (χ4v) is 3.25. The lowest BCUT2D eigenvalue weighted by Gasteiger charge is -2.16. The van der Waals surface area contributed by atoms with Crippen LogP contribution in [-0.4, -0.2) is 9.55 Å². The van der Waals surface area contributed by atoms with Gasteiger partial charge in [0.25, 0.3) is 0 Å². The molecule has 2 aromatic carbocycles. The fraction of sp³-hybridized carbons (Fsp3) is 0.133. The maximum absolute atomic E-state index is 6.33. The number of nitrogens with zero attached hydrogens (tertiary/aromatic N) is 1. The summed E-state index contributed by atoms with van der Waals surface area (Å²) in [6, 6.07) is 13.6. The highest BCUT2D eigenvalue weighted by Crippen LogP contribution is 2.29. The van der Waals surface area contributed by atoms with Gasteiger partial charge in [-0.2, -0.15) is 0 Å². The average Bonchev–Trinajstić information content (AvgIpc) is 2.75. The van der Waals surface area contributed by atoms with Crippen molar-refractivity contribution in [1.29, 1.82) is 0 Å². The molecule has 20 heavy (non-hydrogen) atoms. The Bertz CT molecular complexity index is 835. The highest BCUT2D eigenvalue weighted by molar-refractivity contribution is 7.71. The van der Waals surface area contributed by atoms with Crippen LogP contribution in [0.15, 0.2) is 42.5 Å². The van der Waals surface area contributed by atoms with E-state index in [0.29, 0.717) is 14.8 Å². The van der Waals surface area contributed by atoms with Crippen LogP contribution in [0.5, 0.6) is 0 Å². The first-order valence-corrected chi connectivity index (χ1v) is 7.38. The van der Waals surface area contributed by atoms with E-state index in [1.54, 1.807) is 0 Å². The summed E-state index contributed by atoms with van der Waals surface area (Å²) in [4.78, 5) is 3.19. The fourth-order valence-electron chi connectivity index (χ4n) is 2.42. The van der Waals surface area contributed by atoms with Crippen molar-refractivity contribution >= 4 is 46.5 Å². The lowest BCUT2D eigenvalue weighted by molar-refractivity contribution is 0.649. The lowest BCUT2D eigenvalue weighted by Crippen LogP contribution is -2.07. The second-order valence-electron chi connectivity index (χ2n) is 4.67. The van der Waals surface area contributed by atoms with E-state index >= 15 is 0 Å². The molecular weight excluding hydrogens is 311 g/mol. The molecule has 1 unspecified atom stereocenters.